The van der Waals surface area contributed by atoms with E-state index in [1.807, 2.05) is 62.4 Å². The van der Waals surface area contributed by atoms with Crippen molar-refractivity contribution in [2.75, 3.05) is 30.6 Å². The van der Waals surface area contributed by atoms with Gasteiger partial charge in [-0.05, 0) is 79.6 Å². The zero-order chi connectivity index (χ0) is 39.2. The SMILES string of the molecule is COc1ccc(CNc2ncnc3c(C)c(-c4ccc(NC(=O)CCS(=O)(=O)c5ccccc5)cc4)n(-c4ccc(Oc5nccc(C)n5)c(OC)c4)c23)cc1. The Morgan fingerprint density at radius 2 is 1.59 bits per heavy atom. The van der Waals surface area contributed by atoms with Crippen molar-refractivity contribution in [3.63, 3.8) is 0 Å². The molecule has 3 aromatic heterocycles. The van der Waals surface area contributed by atoms with Crippen molar-refractivity contribution in [3.05, 3.63) is 132 Å². The second-order valence-corrected chi connectivity index (χ2v) is 15.0. The standard InChI is InChI=1S/C42H39N7O6S/c1-27-20-22-43-42(47-27)55-35-19-16-32(24-36(35)54-4)49-39(28(2)38-40(49)41(46-26-45-38)44-25-29-10-17-33(53-3)18-11-29)30-12-14-31(15-13-30)48-37(50)21-23-56(51,52)34-8-6-5-7-9-34/h5-20,22,24,26H,21,23,25H2,1-4H3,(H,48,50)(H,44,45,46). The van der Waals surface area contributed by atoms with Gasteiger partial charge in [0.15, 0.2) is 27.2 Å². The molecule has 0 aliphatic heterocycles. The summed E-state index contributed by atoms with van der Waals surface area (Å²) in [4.78, 5) is 31.1. The predicted molar refractivity (Wildman–Crippen MR) is 214 cm³/mol. The lowest BCUT2D eigenvalue weighted by atomic mass is 10.1. The number of hydrogen-bond acceptors (Lipinski definition) is 11. The molecule has 7 aromatic rings. The van der Waals surface area contributed by atoms with Gasteiger partial charge < -0.3 is 29.4 Å². The van der Waals surface area contributed by atoms with E-state index >= 15 is 0 Å². The molecular formula is C42H39N7O6S. The highest BCUT2D eigenvalue weighted by Gasteiger charge is 2.23. The highest BCUT2D eigenvalue weighted by atomic mass is 32.2. The topological polar surface area (TPSA) is 159 Å². The summed E-state index contributed by atoms with van der Waals surface area (Å²) < 4.78 is 44.7. The lowest BCUT2D eigenvalue weighted by Gasteiger charge is -2.17. The van der Waals surface area contributed by atoms with Crippen molar-refractivity contribution in [1.82, 2.24) is 24.5 Å². The maximum Gasteiger partial charge on any atom is 0.322 e. The summed E-state index contributed by atoms with van der Waals surface area (Å²) in [5.74, 6) is 1.56. The molecule has 3 heterocycles. The first-order valence-corrected chi connectivity index (χ1v) is 19.4. The minimum absolute atomic E-state index is 0.186. The summed E-state index contributed by atoms with van der Waals surface area (Å²) >= 11 is 0. The van der Waals surface area contributed by atoms with Crippen LogP contribution in [0.15, 0.2) is 121 Å². The quantitative estimate of drug-likeness (QED) is 0.112. The largest absolute Gasteiger partial charge is 0.497 e. The lowest BCUT2D eigenvalue weighted by molar-refractivity contribution is -0.115. The number of aromatic nitrogens is 5. The van der Waals surface area contributed by atoms with E-state index in [1.54, 1.807) is 62.9 Å². The maximum absolute atomic E-state index is 12.9. The lowest BCUT2D eigenvalue weighted by Crippen LogP contribution is -2.17. The number of nitrogens with one attached hydrogen (secondary N) is 2. The molecule has 0 aliphatic rings. The van der Waals surface area contributed by atoms with Gasteiger partial charge in [0, 0.05) is 42.2 Å². The van der Waals surface area contributed by atoms with Crippen LogP contribution in [-0.2, 0) is 21.2 Å². The van der Waals surface area contributed by atoms with Crippen molar-refractivity contribution in [2.24, 2.45) is 0 Å². The number of sulfone groups is 1. The van der Waals surface area contributed by atoms with Gasteiger partial charge in [-0.15, -0.1) is 0 Å². The number of amides is 1. The Labute approximate surface area is 324 Å². The van der Waals surface area contributed by atoms with Gasteiger partial charge in [-0.25, -0.2) is 28.4 Å². The molecule has 0 aliphatic carbocycles. The average molecular weight is 770 g/mol. The summed E-state index contributed by atoms with van der Waals surface area (Å²) in [6, 6.07) is 30.8. The smallest absolute Gasteiger partial charge is 0.322 e. The fourth-order valence-electron chi connectivity index (χ4n) is 6.28. The third kappa shape index (κ3) is 8.15. The fourth-order valence-corrected chi connectivity index (χ4v) is 7.54. The first-order valence-electron chi connectivity index (χ1n) is 17.7. The molecule has 1 amide bonds. The van der Waals surface area contributed by atoms with Gasteiger partial charge in [0.1, 0.15) is 17.6 Å². The molecular weight excluding hydrogens is 731 g/mol. The van der Waals surface area contributed by atoms with Crippen LogP contribution in [0.1, 0.15) is 23.2 Å². The molecule has 0 saturated carbocycles. The van der Waals surface area contributed by atoms with E-state index in [0.717, 1.165) is 50.5 Å². The molecule has 0 radical (unpaired) electrons. The number of carbonyl (C=O) groups excluding carboxylic acids is 1. The van der Waals surface area contributed by atoms with E-state index in [0.29, 0.717) is 29.5 Å². The van der Waals surface area contributed by atoms with Crippen LogP contribution in [0.25, 0.3) is 28.0 Å². The Hall–Kier alpha value is -6.80. The van der Waals surface area contributed by atoms with Crippen LogP contribution in [0.3, 0.4) is 0 Å². The number of nitrogens with zero attached hydrogens (tertiary/aromatic N) is 5. The Balaban J connectivity index is 1.24. The zero-order valence-corrected chi connectivity index (χ0v) is 32.0. The molecule has 0 bridgehead atoms. The number of aryl methyl sites for hydroxylation is 2. The van der Waals surface area contributed by atoms with Crippen LogP contribution >= 0.6 is 0 Å². The summed E-state index contributed by atoms with van der Waals surface area (Å²) in [6.45, 7) is 4.35. The van der Waals surface area contributed by atoms with E-state index in [1.165, 1.54) is 18.5 Å². The summed E-state index contributed by atoms with van der Waals surface area (Å²) in [6.07, 6.45) is 2.98. The van der Waals surface area contributed by atoms with Crippen LogP contribution < -0.4 is 24.8 Å². The first-order chi connectivity index (χ1) is 27.1. The fraction of sp³-hybridized carbons (Fsp3) is 0.167. The van der Waals surface area contributed by atoms with Crippen LogP contribution in [-0.4, -0.2) is 58.8 Å². The molecule has 4 aromatic carbocycles. The molecule has 13 nitrogen and oxygen atoms in total. The van der Waals surface area contributed by atoms with Gasteiger partial charge in [0.2, 0.25) is 5.91 Å². The first kappa shape index (κ1) is 37.5. The van der Waals surface area contributed by atoms with E-state index in [2.05, 4.69) is 30.2 Å². The molecule has 0 fully saturated rings. The van der Waals surface area contributed by atoms with Gasteiger partial charge in [-0.3, -0.25) is 4.79 Å². The minimum Gasteiger partial charge on any atom is -0.497 e. The van der Waals surface area contributed by atoms with Crippen molar-refractivity contribution in [1.29, 1.82) is 0 Å². The molecule has 0 saturated heterocycles. The number of carbonyl (C=O) groups is 1. The van der Waals surface area contributed by atoms with Crippen molar-refractivity contribution >= 4 is 38.3 Å². The van der Waals surface area contributed by atoms with Crippen LogP contribution in [0.5, 0.6) is 23.3 Å². The molecule has 0 spiro atoms. The summed E-state index contributed by atoms with van der Waals surface area (Å²) in [5.41, 5.74) is 7.10. The molecule has 14 heteroatoms. The maximum atomic E-state index is 12.9. The molecule has 56 heavy (non-hydrogen) atoms. The van der Waals surface area contributed by atoms with Gasteiger partial charge in [-0.1, -0.05) is 42.5 Å². The van der Waals surface area contributed by atoms with Gasteiger partial charge >= 0.3 is 6.01 Å². The van der Waals surface area contributed by atoms with Crippen molar-refractivity contribution in [3.8, 4) is 40.2 Å². The Bertz CT molecular complexity index is 2610. The van der Waals surface area contributed by atoms with Crippen LogP contribution in [0, 0.1) is 13.8 Å². The number of benzene rings is 4. The van der Waals surface area contributed by atoms with E-state index < -0.39 is 15.7 Å². The number of hydrogen-bond donors (Lipinski definition) is 2. The van der Waals surface area contributed by atoms with E-state index in [4.69, 9.17) is 19.2 Å². The monoisotopic (exact) mass is 769 g/mol. The molecule has 2 N–H and O–H groups in total. The summed E-state index contributed by atoms with van der Waals surface area (Å²) in [7, 11) is -0.397. The molecule has 284 valence electrons. The number of fused-ring (bicyclic) bond motifs is 1. The number of ether oxygens (including phenoxy) is 3. The second-order valence-electron chi connectivity index (χ2n) is 12.9. The Morgan fingerprint density at radius 3 is 2.30 bits per heavy atom. The number of rotatable bonds is 14. The predicted octanol–water partition coefficient (Wildman–Crippen LogP) is 7.72. The van der Waals surface area contributed by atoms with Crippen LogP contribution in [0.4, 0.5) is 11.5 Å². The molecule has 7 rings (SSSR count). The minimum atomic E-state index is -3.60. The third-order valence-electron chi connectivity index (χ3n) is 9.12. The van der Waals surface area contributed by atoms with Gasteiger partial charge in [0.25, 0.3) is 0 Å². The normalized spacial score (nSPS) is 11.3. The second kappa shape index (κ2) is 16.3. The van der Waals surface area contributed by atoms with E-state index in [9.17, 15) is 13.2 Å². The summed E-state index contributed by atoms with van der Waals surface area (Å²) in [5, 5.41) is 6.34. The van der Waals surface area contributed by atoms with Crippen molar-refractivity contribution in [2.45, 2.75) is 31.7 Å². The van der Waals surface area contributed by atoms with Crippen LogP contribution in [0.2, 0.25) is 0 Å². The number of anilines is 2. The Morgan fingerprint density at radius 1 is 0.821 bits per heavy atom. The highest BCUT2D eigenvalue weighted by molar-refractivity contribution is 7.91. The van der Waals surface area contributed by atoms with Gasteiger partial charge in [-0.2, -0.15) is 0 Å². The van der Waals surface area contributed by atoms with E-state index in [-0.39, 0.29) is 23.1 Å². The van der Waals surface area contributed by atoms with Gasteiger partial charge in [0.05, 0.1) is 41.8 Å². The Kier molecular flexibility index (Phi) is 10.9. The highest BCUT2D eigenvalue weighted by Crippen LogP contribution is 2.40. The zero-order valence-electron chi connectivity index (χ0n) is 31.2. The average Bonchev–Trinajstić information content (AvgIpc) is 3.52. The third-order valence-corrected chi connectivity index (χ3v) is 10.9. The van der Waals surface area contributed by atoms with Crippen molar-refractivity contribution < 1.29 is 27.4 Å². The molecule has 0 atom stereocenters. The number of methoxy groups -OCH3 is 2. The molecule has 0 unspecified atom stereocenters.